The number of rotatable bonds is 15. The Morgan fingerprint density at radius 3 is 2.35 bits per heavy atom. The Bertz CT molecular complexity index is 2050. The first-order chi connectivity index (χ1) is 23.7. The largest absolute Gasteiger partial charge is 0.474 e. The molecule has 2 bridgehead atoms. The van der Waals surface area contributed by atoms with Crippen LogP contribution in [0.3, 0.4) is 0 Å². The summed E-state index contributed by atoms with van der Waals surface area (Å²) in [5.74, 6) is 0.658. The number of pyridine rings is 2. The summed E-state index contributed by atoms with van der Waals surface area (Å²) in [6, 6.07) is 19.3. The van der Waals surface area contributed by atoms with E-state index in [-0.39, 0.29) is 23.7 Å². The van der Waals surface area contributed by atoms with Crippen LogP contribution >= 0.6 is 0 Å². The maximum Gasteiger partial charge on any atom is 0.296 e. The highest BCUT2D eigenvalue weighted by atomic mass is 32.2. The maximum atomic E-state index is 12.3. The molecule has 4 fully saturated rings. The van der Waals surface area contributed by atoms with Gasteiger partial charge in [-0.25, -0.2) is 4.98 Å². The number of benzene rings is 2. The lowest BCUT2D eigenvalue weighted by molar-refractivity contribution is -0.263. The zero-order chi connectivity index (χ0) is 33.6. The fourth-order valence-electron chi connectivity index (χ4n) is 8.14. The molecule has 4 aliphatic rings. The minimum Gasteiger partial charge on any atom is -0.474 e. The summed E-state index contributed by atoms with van der Waals surface area (Å²) < 4.78 is 50.4. The number of fused-ring (bicyclic) bond motifs is 3. The maximum absolute atomic E-state index is 12.3. The van der Waals surface area contributed by atoms with E-state index in [1.165, 1.54) is 35.7 Å². The first-order valence-corrected chi connectivity index (χ1v) is 18.7. The molecule has 0 N–H and O–H groups in total. The molecule has 0 unspecified atom stereocenters. The van der Waals surface area contributed by atoms with Gasteiger partial charge in [-0.1, -0.05) is 29.8 Å². The van der Waals surface area contributed by atoms with Crippen LogP contribution in [-0.4, -0.2) is 61.6 Å². The minimum atomic E-state index is -3.70. The van der Waals surface area contributed by atoms with Crippen molar-refractivity contribution in [1.29, 1.82) is 0 Å². The van der Waals surface area contributed by atoms with Gasteiger partial charge in [0.1, 0.15) is 6.10 Å². The van der Waals surface area contributed by atoms with E-state index in [2.05, 4.69) is 51.9 Å². The van der Waals surface area contributed by atoms with Gasteiger partial charge in [0, 0.05) is 73.0 Å². The summed E-state index contributed by atoms with van der Waals surface area (Å²) in [5, 5.41) is 2.37. The molecule has 4 aliphatic carbocycles. The van der Waals surface area contributed by atoms with Gasteiger partial charge in [-0.3, -0.25) is 9.17 Å². The summed E-state index contributed by atoms with van der Waals surface area (Å²) in [4.78, 5) is 9.12. The molecule has 0 saturated heterocycles. The molecule has 0 amide bonds. The van der Waals surface area contributed by atoms with Crippen molar-refractivity contribution in [2.45, 2.75) is 69.0 Å². The van der Waals surface area contributed by atoms with Gasteiger partial charge in [0.25, 0.3) is 10.1 Å². The number of nitrogens with zero attached hydrogens (tertiary/aromatic N) is 3. The normalized spacial score (nSPS) is 24.4. The summed E-state index contributed by atoms with van der Waals surface area (Å²) in [6.07, 6.45) is 12.8. The van der Waals surface area contributed by atoms with Crippen LogP contribution in [0.5, 0.6) is 5.88 Å². The number of hydrogen-bond acceptors (Lipinski definition) is 8. The SMILES string of the molecule is Cc1ccc(S(=O)(=O)OCCCCOCC23CC(CO[C@H]4C[C@H](Oc5ccc(-c6ccc7c8cnccc8n(C)c7c6)cn5)C4)(C2)C3)cc1. The Hall–Kier alpha value is -3.83. The average molecular weight is 682 g/mol. The highest BCUT2D eigenvalue weighted by Crippen LogP contribution is 2.73. The Kier molecular flexibility index (Phi) is 8.46. The Labute approximate surface area is 287 Å². The second-order valence-electron chi connectivity index (χ2n) is 14.6. The Morgan fingerprint density at radius 1 is 0.816 bits per heavy atom. The molecule has 3 heterocycles. The van der Waals surface area contributed by atoms with Gasteiger partial charge in [-0.05, 0) is 85.8 Å². The number of aromatic nitrogens is 3. The second kappa shape index (κ2) is 12.8. The first kappa shape index (κ1) is 32.4. The molecule has 0 radical (unpaired) electrons. The molecule has 2 aromatic carbocycles. The van der Waals surface area contributed by atoms with E-state index in [1.807, 2.05) is 31.6 Å². The van der Waals surface area contributed by atoms with Crippen LogP contribution < -0.4 is 4.74 Å². The van der Waals surface area contributed by atoms with Gasteiger partial charge >= 0.3 is 0 Å². The van der Waals surface area contributed by atoms with Crippen molar-refractivity contribution in [3.63, 3.8) is 0 Å². The number of unbranched alkanes of at least 4 members (excludes halogenated alkanes) is 1. The number of ether oxygens (including phenoxy) is 3. The zero-order valence-electron chi connectivity index (χ0n) is 28.1. The van der Waals surface area contributed by atoms with E-state index < -0.39 is 10.1 Å². The predicted molar refractivity (Wildman–Crippen MR) is 188 cm³/mol. The molecule has 10 heteroatoms. The number of hydrogen-bond donors (Lipinski definition) is 0. The van der Waals surface area contributed by atoms with E-state index in [0.717, 1.165) is 54.6 Å². The minimum absolute atomic E-state index is 0.144. The zero-order valence-corrected chi connectivity index (χ0v) is 29.0. The van der Waals surface area contributed by atoms with Crippen LogP contribution in [0.25, 0.3) is 32.9 Å². The summed E-state index contributed by atoms with van der Waals surface area (Å²) >= 11 is 0. The molecule has 0 spiro atoms. The third-order valence-electron chi connectivity index (χ3n) is 10.7. The van der Waals surface area contributed by atoms with Crippen LogP contribution in [0.2, 0.25) is 0 Å². The van der Waals surface area contributed by atoms with Crippen molar-refractivity contribution in [2.75, 3.05) is 26.4 Å². The second-order valence-corrected chi connectivity index (χ2v) is 16.2. The van der Waals surface area contributed by atoms with Gasteiger partial charge in [0.05, 0.1) is 36.3 Å². The lowest BCUT2D eigenvalue weighted by Gasteiger charge is -2.70. The molecule has 9 rings (SSSR count). The first-order valence-electron chi connectivity index (χ1n) is 17.3. The van der Waals surface area contributed by atoms with Crippen molar-refractivity contribution in [2.24, 2.45) is 17.9 Å². The standard InChI is InChI=1S/C39H43N3O6S/c1-27-5-9-32(10-6-27)49(43,44)47-16-4-3-15-45-25-38-22-39(23-38,24-38)26-46-30-18-31(19-30)48-37-12-8-29(20-41-37)28-7-11-33-34-21-40-14-13-35(34)42(2)36(33)17-28/h5-14,17,20-21,30-31H,3-4,15-16,18-19,22-26H2,1-2H3/t30-,31-,38?,39?. The average Bonchev–Trinajstić information content (AvgIpc) is 3.34. The monoisotopic (exact) mass is 681 g/mol. The van der Waals surface area contributed by atoms with Gasteiger partial charge in [-0.15, -0.1) is 0 Å². The highest BCUT2D eigenvalue weighted by molar-refractivity contribution is 7.86. The van der Waals surface area contributed by atoms with Gasteiger partial charge < -0.3 is 18.8 Å². The van der Waals surface area contributed by atoms with Crippen molar-refractivity contribution in [3.05, 3.63) is 84.8 Å². The summed E-state index contributed by atoms with van der Waals surface area (Å²) in [7, 11) is -1.61. The smallest absolute Gasteiger partial charge is 0.296 e. The molecule has 5 aromatic rings. The van der Waals surface area contributed by atoms with E-state index >= 15 is 0 Å². The van der Waals surface area contributed by atoms with Crippen LogP contribution in [-0.2, 0) is 30.8 Å². The quantitative estimate of drug-likeness (QED) is 0.0833. The Morgan fingerprint density at radius 2 is 1.57 bits per heavy atom. The van der Waals surface area contributed by atoms with E-state index in [9.17, 15) is 8.42 Å². The fraction of sp³-hybridized carbons (Fsp3) is 0.436. The summed E-state index contributed by atoms with van der Waals surface area (Å²) in [5.41, 5.74) is 6.19. The molecule has 0 atom stereocenters. The molecular weight excluding hydrogens is 639 g/mol. The van der Waals surface area contributed by atoms with Crippen molar-refractivity contribution in [1.82, 2.24) is 14.5 Å². The fourth-order valence-corrected chi connectivity index (χ4v) is 9.09. The molecule has 49 heavy (non-hydrogen) atoms. The van der Waals surface area contributed by atoms with Gasteiger partial charge in [0.15, 0.2) is 0 Å². The predicted octanol–water partition coefficient (Wildman–Crippen LogP) is 7.40. The van der Waals surface area contributed by atoms with E-state index in [4.69, 9.17) is 18.4 Å². The third kappa shape index (κ3) is 6.47. The molecular formula is C39H43N3O6S. The van der Waals surface area contributed by atoms with Crippen LogP contribution in [0.15, 0.2) is 84.1 Å². The highest BCUT2D eigenvalue weighted by Gasteiger charge is 2.67. The van der Waals surface area contributed by atoms with Crippen LogP contribution in [0.1, 0.15) is 50.5 Å². The lowest BCUT2D eigenvalue weighted by Crippen LogP contribution is -2.66. The lowest BCUT2D eigenvalue weighted by atomic mass is 9.35. The molecule has 0 aliphatic heterocycles. The summed E-state index contributed by atoms with van der Waals surface area (Å²) in [6.45, 7) is 4.31. The molecule has 256 valence electrons. The third-order valence-corrected chi connectivity index (χ3v) is 12.1. The topological polar surface area (TPSA) is 102 Å². The van der Waals surface area contributed by atoms with E-state index in [0.29, 0.717) is 29.7 Å². The van der Waals surface area contributed by atoms with Gasteiger partial charge in [-0.2, -0.15) is 8.42 Å². The Balaban J connectivity index is 0.705. The van der Waals surface area contributed by atoms with E-state index in [1.54, 1.807) is 24.3 Å². The molecule has 4 saturated carbocycles. The van der Waals surface area contributed by atoms with Crippen molar-refractivity contribution >= 4 is 31.9 Å². The number of aryl methyl sites for hydroxylation is 2. The molecule has 3 aromatic heterocycles. The van der Waals surface area contributed by atoms with Crippen molar-refractivity contribution < 1.29 is 26.8 Å². The van der Waals surface area contributed by atoms with Crippen LogP contribution in [0, 0.1) is 17.8 Å². The molecule has 9 nitrogen and oxygen atoms in total. The van der Waals surface area contributed by atoms with Gasteiger partial charge in [0.2, 0.25) is 5.88 Å². The van der Waals surface area contributed by atoms with Crippen molar-refractivity contribution in [3.8, 4) is 17.0 Å². The van der Waals surface area contributed by atoms with Crippen LogP contribution in [0.4, 0.5) is 0 Å².